The number of hydrogen-bond donors (Lipinski definition) is 1. The van der Waals surface area contributed by atoms with Gasteiger partial charge in [0.25, 0.3) is 6.64 Å². The van der Waals surface area contributed by atoms with Crippen LogP contribution in [0.2, 0.25) is 15.2 Å². The van der Waals surface area contributed by atoms with Gasteiger partial charge in [0.1, 0.15) is 5.15 Å². The van der Waals surface area contributed by atoms with Crippen LogP contribution in [0.1, 0.15) is 13.8 Å². The normalized spacial score (nSPS) is 14.3. The molecule has 1 rings (SSSR count). The summed E-state index contributed by atoms with van der Waals surface area (Å²) in [4.78, 5) is 14.2. The maximum atomic E-state index is 10.2. The van der Waals surface area contributed by atoms with Gasteiger partial charge in [0.2, 0.25) is 0 Å². The molecule has 18 heavy (non-hydrogen) atoms. The van der Waals surface area contributed by atoms with Crippen LogP contribution in [0.15, 0.2) is 6.07 Å². The number of pyridine rings is 1. The van der Waals surface area contributed by atoms with Crippen molar-refractivity contribution >= 4 is 59.1 Å². The van der Waals surface area contributed by atoms with Crippen molar-refractivity contribution < 1.29 is 9.42 Å². The summed E-state index contributed by atoms with van der Waals surface area (Å²) >= 11 is 22.8. The van der Waals surface area contributed by atoms with Crippen LogP contribution in [-0.2, 0) is 16.3 Å². The number of rotatable bonds is 5. The average molecular weight is 350 g/mol. The molecule has 1 heterocycles. The minimum Gasteiger partial charge on any atom is -0.329 e. The summed E-state index contributed by atoms with van der Waals surface area (Å²) in [6, 6.07) is 1.46. The summed E-state index contributed by atoms with van der Waals surface area (Å²) < 4.78 is 6.62. The highest BCUT2D eigenvalue weighted by atomic mass is 35.5. The van der Waals surface area contributed by atoms with E-state index in [2.05, 4.69) is 4.98 Å². The molecular formula is C9H12Cl3N2O2PS. The van der Waals surface area contributed by atoms with Crippen LogP contribution in [0.25, 0.3) is 0 Å². The first-order valence-corrected chi connectivity index (χ1v) is 8.86. The Bertz CT molecular complexity index is 489. The van der Waals surface area contributed by atoms with E-state index < -0.39 is 6.64 Å². The van der Waals surface area contributed by atoms with Crippen molar-refractivity contribution in [3.8, 4) is 0 Å². The van der Waals surface area contributed by atoms with Gasteiger partial charge in [-0.15, -0.1) is 0 Å². The van der Waals surface area contributed by atoms with Crippen LogP contribution in [0.5, 0.6) is 0 Å². The SMILES string of the molecule is CCOP(O)(=S)N(CC)c1nc(Cl)c(Cl)cc1Cl. The van der Waals surface area contributed by atoms with E-state index in [1.165, 1.54) is 10.7 Å². The lowest BCUT2D eigenvalue weighted by Gasteiger charge is -2.30. The molecule has 4 nitrogen and oxygen atoms in total. The van der Waals surface area contributed by atoms with E-state index in [-0.39, 0.29) is 21.0 Å². The predicted octanol–water partition coefficient (Wildman–Crippen LogP) is 4.12. The maximum Gasteiger partial charge on any atom is 0.288 e. The number of anilines is 1. The molecule has 0 aliphatic carbocycles. The zero-order chi connectivity index (χ0) is 13.9. The lowest BCUT2D eigenvalue weighted by atomic mass is 10.4. The van der Waals surface area contributed by atoms with E-state index >= 15 is 0 Å². The van der Waals surface area contributed by atoms with Crippen molar-refractivity contribution in [2.45, 2.75) is 13.8 Å². The van der Waals surface area contributed by atoms with Crippen LogP contribution < -0.4 is 4.67 Å². The molecule has 0 bridgehead atoms. The number of hydrogen-bond acceptors (Lipinski definition) is 3. The monoisotopic (exact) mass is 348 g/mol. The molecule has 1 aromatic rings. The lowest BCUT2D eigenvalue weighted by molar-refractivity contribution is 0.324. The van der Waals surface area contributed by atoms with Crippen molar-refractivity contribution in [1.82, 2.24) is 4.98 Å². The second-order valence-electron chi connectivity index (χ2n) is 3.19. The number of nitrogens with zero attached hydrogens (tertiary/aromatic N) is 2. The first kappa shape index (κ1) is 16.4. The first-order valence-electron chi connectivity index (χ1n) is 5.10. The highest BCUT2D eigenvalue weighted by Gasteiger charge is 2.27. The molecule has 1 unspecified atom stereocenters. The van der Waals surface area contributed by atoms with E-state index in [4.69, 9.17) is 51.1 Å². The van der Waals surface area contributed by atoms with Crippen molar-refractivity contribution in [3.05, 3.63) is 21.3 Å². The molecule has 0 fully saturated rings. The molecule has 0 saturated heterocycles. The molecule has 0 aliphatic heterocycles. The Kier molecular flexibility index (Phi) is 6.13. The fourth-order valence-corrected chi connectivity index (χ4v) is 4.08. The largest absolute Gasteiger partial charge is 0.329 e. The quantitative estimate of drug-likeness (QED) is 0.640. The standard InChI is InChI=1S/C9H12Cl3N2O2PS/c1-3-14(17(15,18)16-4-2)9-7(11)5-6(10)8(12)13-9/h5H,3-4H2,1-2H3,(H,15,18). The molecule has 0 aromatic carbocycles. The minimum atomic E-state index is -3.17. The Morgan fingerprint density at radius 1 is 1.39 bits per heavy atom. The van der Waals surface area contributed by atoms with Gasteiger partial charge in [0.15, 0.2) is 5.82 Å². The molecule has 1 N–H and O–H groups in total. The number of halogens is 3. The molecular weight excluding hydrogens is 338 g/mol. The average Bonchev–Trinajstić information content (AvgIpc) is 2.25. The zero-order valence-corrected chi connectivity index (χ0v) is 13.7. The van der Waals surface area contributed by atoms with Crippen molar-refractivity contribution in [2.75, 3.05) is 17.8 Å². The van der Waals surface area contributed by atoms with Crippen LogP contribution >= 0.6 is 41.4 Å². The van der Waals surface area contributed by atoms with Gasteiger partial charge in [0, 0.05) is 6.54 Å². The molecule has 0 amide bonds. The first-order chi connectivity index (χ1) is 8.33. The molecule has 0 spiro atoms. The number of aromatic nitrogens is 1. The second-order valence-corrected chi connectivity index (χ2v) is 7.51. The van der Waals surface area contributed by atoms with Gasteiger partial charge in [-0.3, -0.25) is 4.67 Å². The highest BCUT2D eigenvalue weighted by molar-refractivity contribution is 8.10. The summed E-state index contributed by atoms with van der Waals surface area (Å²) in [5.74, 6) is 0.271. The van der Waals surface area contributed by atoms with Crippen molar-refractivity contribution in [1.29, 1.82) is 0 Å². The molecule has 0 saturated carbocycles. The van der Waals surface area contributed by atoms with Gasteiger partial charge < -0.3 is 9.42 Å². The molecule has 0 aliphatic rings. The van der Waals surface area contributed by atoms with E-state index in [1.54, 1.807) is 13.8 Å². The molecule has 9 heteroatoms. The van der Waals surface area contributed by atoms with E-state index in [1.807, 2.05) is 0 Å². The highest BCUT2D eigenvalue weighted by Crippen LogP contribution is 2.50. The molecule has 1 aromatic heterocycles. The third-order valence-electron chi connectivity index (χ3n) is 2.01. The maximum absolute atomic E-state index is 10.2. The minimum absolute atomic E-state index is 0.0982. The van der Waals surface area contributed by atoms with Gasteiger partial charge in [-0.05, 0) is 31.7 Å². The lowest BCUT2D eigenvalue weighted by Crippen LogP contribution is -2.22. The van der Waals surface area contributed by atoms with E-state index in [0.717, 1.165) is 0 Å². The van der Waals surface area contributed by atoms with Crippen molar-refractivity contribution in [2.24, 2.45) is 0 Å². The van der Waals surface area contributed by atoms with Crippen LogP contribution in [-0.4, -0.2) is 23.0 Å². The second kappa shape index (κ2) is 6.71. The topological polar surface area (TPSA) is 45.6 Å². The summed E-state index contributed by atoms with van der Waals surface area (Å²) in [5, 5.41) is 0.597. The third-order valence-corrected chi connectivity index (χ3v) is 5.55. The van der Waals surface area contributed by atoms with E-state index in [0.29, 0.717) is 13.2 Å². The van der Waals surface area contributed by atoms with Gasteiger partial charge in [0.05, 0.1) is 16.7 Å². The van der Waals surface area contributed by atoms with Gasteiger partial charge in [-0.2, -0.15) is 0 Å². The molecule has 102 valence electrons. The fraction of sp³-hybridized carbons (Fsp3) is 0.444. The third kappa shape index (κ3) is 3.70. The Balaban J connectivity index is 3.25. The smallest absolute Gasteiger partial charge is 0.288 e. The van der Waals surface area contributed by atoms with Crippen LogP contribution in [0.3, 0.4) is 0 Å². The van der Waals surface area contributed by atoms with Crippen LogP contribution in [0, 0.1) is 0 Å². The Morgan fingerprint density at radius 2 is 2.00 bits per heavy atom. The summed E-state index contributed by atoms with van der Waals surface area (Å²) in [6.45, 7) is 1.06. The zero-order valence-electron chi connectivity index (χ0n) is 9.73. The van der Waals surface area contributed by atoms with E-state index in [9.17, 15) is 4.89 Å². The predicted molar refractivity (Wildman–Crippen MR) is 80.4 cm³/mol. The summed E-state index contributed by atoms with van der Waals surface area (Å²) in [6.07, 6.45) is 0. The Morgan fingerprint density at radius 3 is 2.50 bits per heavy atom. The fourth-order valence-electron chi connectivity index (χ4n) is 1.30. The summed E-state index contributed by atoms with van der Waals surface area (Å²) in [5.41, 5.74) is 0. The Hall–Kier alpha value is 0.390. The molecule has 0 radical (unpaired) electrons. The van der Waals surface area contributed by atoms with Crippen LogP contribution in [0.4, 0.5) is 5.82 Å². The Labute approximate surface area is 126 Å². The summed E-state index contributed by atoms with van der Waals surface area (Å²) in [7, 11) is 0. The van der Waals surface area contributed by atoms with Gasteiger partial charge in [-0.1, -0.05) is 34.8 Å². The van der Waals surface area contributed by atoms with Gasteiger partial charge in [-0.25, -0.2) is 4.98 Å². The molecule has 1 atom stereocenters. The van der Waals surface area contributed by atoms with Crippen molar-refractivity contribution in [3.63, 3.8) is 0 Å². The van der Waals surface area contributed by atoms with Gasteiger partial charge >= 0.3 is 0 Å².